The van der Waals surface area contributed by atoms with Gasteiger partial charge in [-0.15, -0.1) is 0 Å². The van der Waals surface area contributed by atoms with E-state index in [1.807, 2.05) is 0 Å². The van der Waals surface area contributed by atoms with E-state index in [0.29, 0.717) is 18.3 Å². The average molecular weight is 266 g/mol. The zero-order valence-corrected chi connectivity index (χ0v) is 12.7. The van der Waals surface area contributed by atoms with E-state index in [0.717, 1.165) is 25.2 Å². The highest BCUT2D eigenvalue weighted by Gasteiger charge is 2.45. The van der Waals surface area contributed by atoms with Crippen LogP contribution < -0.4 is 0 Å². The first-order chi connectivity index (χ1) is 9.01. The minimum atomic E-state index is -0.425. The van der Waals surface area contributed by atoms with Gasteiger partial charge < -0.3 is 9.90 Å². The largest absolute Gasteiger partial charge is 0.390 e. The third kappa shape index (κ3) is 3.81. The predicted molar refractivity (Wildman–Crippen MR) is 77.9 cm³/mol. The molecule has 0 heterocycles. The van der Waals surface area contributed by atoms with Crippen molar-refractivity contribution >= 4 is 5.78 Å². The van der Waals surface area contributed by atoms with Crippen LogP contribution in [0.5, 0.6) is 0 Å². The summed E-state index contributed by atoms with van der Waals surface area (Å²) in [5.41, 5.74) is -0.425. The zero-order valence-electron chi connectivity index (χ0n) is 12.7. The molecule has 2 saturated carbocycles. The fraction of sp³-hybridized carbons (Fsp3) is 0.941. The highest BCUT2D eigenvalue weighted by Crippen LogP contribution is 2.48. The van der Waals surface area contributed by atoms with E-state index in [1.54, 1.807) is 6.92 Å². The zero-order chi connectivity index (χ0) is 13.9. The van der Waals surface area contributed by atoms with Crippen LogP contribution in [0.4, 0.5) is 0 Å². The number of Topliss-reactive ketones (excluding diaryl/α,β-unsaturated/α-hetero) is 1. The molecule has 2 fully saturated rings. The lowest BCUT2D eigenvalue weighted by atomic mass is 9.75. The first kappa shape index (κ1) is 15.0. The van der Waals surface area contributed by atoms with E-state index in [-0.39, 0.29) is 5.78 Å². The topological polar surface area (TPSA) is 37.3 Å². The third-order valence-electron chi connectivity index (χ3n) is 5.48. The maximum atomic E-state index is 11.1. The van der Waals surface area contributed by atoms with Crippen molar-refractivity contribution < 1.29 is 9.90 Å². The molecule has 0 aliphatic heterocycles. The second-order valence-corrected chi connectivity index (χ2v) is 7.20. The van der Waals surface area contributed by atoms with E-state index >= 15 is 0 Å². The molecule has 3 atom stereocenters. The smallest absolute Gasteiger partial charge is 0.129 e. The van der Waals surface area contributed by atoms with E-state index in [1.165, 1.54) is 38.5 Å². The fourth-order valence-corrected chi connectivity index (χ4v) is 4.52. The van der Waals surface area contributed by atoms with Crippen molar-refractivity contribution in [1.82, 2.24) is 0 Å². The second-order valence-electron chi connectivity index (χ2n) is 7.20. The molecule has 2 aliphatic rings. The van der Waals surface area contributed by atoms with Crippen molar-refractivity contribution in [3.05, 3.63) is 0 Å². The van der Waals surface area contributed by atoms with Gasteiger partial charge in [0.15, 0.2) is 0 Å². The van der Waals surface area contributed by atoms with E-state index in [4.69, 9.17) is 0 Å². The van der Waals surface area contributed by atoms with Crippen molar-refractivity contribution in [3.8, 4) is 0 Å². The van der Waals surface area contributed by atoms with Crippen LogP contribution in [0.3, 0.4) is 0 Å². The molecule has 2 rings (SSSR count). The molecular formula is C17H30O2. The lowest BCUT2D eigenvalue weighted by molar-refractivity contribution is -0.117. The van der Waals surface area contributed by atoms with Gasteiger partial charge in [-0.2, -0.15) is 0 Å². The minimum absolute atomic E-state index is 0.276. The number of carbonyl (C=O) groups is 1. The summed E-state index contributed by atoms with van der Waals surface area (Å²) in [7, 11) is 0. The summed E-state index contributed by atoms with van der Waals surface area (Å²) in [5, 5.41) is 11.1. The van der Waals surface area contributed by atoms with E-state index in [9.17, 15) is 9.90 Å². The second kappa shape index (κ2) is 6.39. The van der Waals surface area contributed by atoms with Crippen LogP contribution in [0.15, 0.2) is 0 Å². The number of aliphatic hydroxyl groups is 1. The molecule has 2 aliphatic carbocycles. The van der Waals surface area contributed by atoms with Gasteiger partial charge >= 0.3 is 0 Å². The van der Waals surface area contributed by atoms with Gasteiger partial charge in [-0.05, 0) is 50.4 Å². The molecule has 0 saturated heterocycles. The number of carbonyl (C=O) groups excluding carboxylic acids is 1. The Morgan fingerprint density at radius 3 is 2.58 bits per heavy atom. The quantitative estimate of drug-likeness (QED) is 0.785. The Balaban J connectivity index is 1.90. The van der Waals surface area contributed by atoms with Crippen LogP contribution in [0, 0.1) is 17.8 Å². The van der Waals surface area contributed by atoms with Gasteiger partial charge in [0.2, 0.25) is 0 Å². The molecule has 0 bridgehead atoms. The van der Waals surface area contributed by atoms with Gasteiger partial charge in [0.1, 0.15) is 5.78 Å². The first-order valence-corrected chi connectivity index (χ1v) is 8.23. The average Bonchev–Trinajstić information content (AvgIpc) is 2.95. The summed E-state index contributed by atoms with van der Waals surface area (Å²) < 4.78 is 0. The SMILES string of the molecule is CC(=O)CCC(C)CC1(O)CCCC1C1CCCC1. The Hall–Kier alpha value is -0.370. The first-order valence-electron chi connectivity index (χ1n) is 8.23. The normalized spacial score (nSPS) is 33.7. The van der Waals surface area contributed by atoms with Gasteiger partial charge in [-0.25, -0.2) is 0 Å². The maximum absolute atomic E-state index is 11.1. The third-order valence-corrected chi connectivity index (χ3v) is 5.48. The highest BCUT2D eigenvalue weighted by molar-refractivity contribution is 5.75. The van der Waals surface area contributed by atoms with E-state index in [2.05, 4.69) is 6.92 Å². The van der Waals surface area contributed by atoms with Crippen molar-refractivity contribution in [3.63, 3.8) is 0 Å². The van der Waals surface area contributed by atoms with Gasteiger partial charge in [-0.3, -0.25) is 0 Å². The molecular weight excluding hydrogens is 236 g/mol. The number of hydrogen-bond donors (Lipinski definition) is 1. The molecule has 0 spiro atoms. The molecule has 0 aromatic carbocycles. The predicted octanol–water partition coefficient (Wildman–Crippen LogP) is 4.10. The summed E-state index contributed by atoms with van der Waals surface area (Å²) in [5.74, 6) is 2.05. The molecule has 2 nitrogen and oxygen atoms in total. The molecule has 2 heteroatoms. The van der Waals surface area contributed by atoms with Crippen molar-refractivity contribution in [2.75, 3.05) is 0 Å². The van der Waals surface area contributed by atoms with Crippen molar-refractivity contribution in [2.24, 2.45) is 17.8 Å². The molecule has 1 N–H and O–H groups in total. The fourth-order valence-electron chi connectivity index (χ4n) is 4.52. The minimum Gasteiger partial charge on any atom is -0.390 e. The van der Waals surface area contributed by atoms with Crippen molar-refractivity contribution in [1.29, 1.82) is 0 Å². The molecule has 0 aromatic rings. The van der Waals surface area contributed by atoms with Gasteiger partial charge in [0, 0.05) is 6.42 Å². The lowest BCUT2D eigenvalue weighted by Crippen LogP contribution is -2.38. The molecule has 3 unspecified atom stereocenters. The monoisotopic (exact) mass is 266 g/mol. The molecule has 19 heavy (non-hydrogen) atoms. The summed E-state index contributed by atoms with van der Waals surface area (Å²) >= 11 is 0. The molecule has 110 valence electrons. The van der Waals surface area contributed by atoms with E-state index < -0.39 is 5.60 Å². The Morgan fingerprint density at radius 1 is 1.26 bits per heavy atom. The number of rotatable bonds is 6. The highest BCUT2D eigenvalue weighted by atomic mass is 16.3. The van der Waals surface area contributed by atoms with Crippen LogP contribution in [0.2, 0.25) is 0 Å². The number of hydrogen-bond acceptors (Lipinski definition) is 2. The summed E-state index contributed by atoms with van der Waals surface area (Å²) in [6.07, 6.45) is 11.3. The van der Waals surface area contributed by atoms with Crippen molar-refractivity contribution in [2.45, 2.75) is 83.7 Å². The Kier molecular flexibility index (Phi) is 5.05. The standard InChI is InChI=1S/C17H30O2/c1-13(9-10-14(2)18)12-17(19)11-5-8-16(17)15-6-3-4-7-15/h13,15-16,19H,3-12H2,1-2H3. The molecule has 0 radical (unpaired) electrons. The Morgan fingerprint density at radius 2 is 1.95 bits per heavy atom. The summed E-state index contributed by atoms with van der Waals surface area (Å²) in [6.45, 7) is 3.86. The summed E-state index contributed by atoms with van der Waals surface area (Å²) in [4.78, 5) is 11.1. The van der Waals surface area contributed by atoms with Crippen LogP contribution in [-0.4, -0.2) is 16.5 Å². The van der Waals surface area contributed by atoms with Gasteiger partial charge in [-0.1, -0.05) is 39.0 Å². The summed E-state index contributed by atoms with van der Waals surface area (Å²) in [6, 6.07) is 0. The van der Waals surface area contributed by atoms with Crippen LogP contribution in [-0.2, 0) is 4.79 Å². The van der Waals surface area contributed by atoms with Crippen LogP contribution in [0.1, 0.15) is 78.1 Å². The molecule has 0 amide bonds. The lowest BCUT2D eigenvalue weighted by Gasteiger charge is -2.36. The maximum Gasteiger partial charge on any atom is 0.129 e. The van der Waals surface area contributed by atoms with Gasteiger partial charge in [0.25, 0.3) is 0 Å². The Labute approximate surface area is 118 Å². The van der Waals surface area contributed by atoms with Gasteiger partial charge in [0.05, 0.1) is 5.60 Å². The number of ketones is 1. The van der Waals surface area contributed by atoms with Crippen LogP contribution in [0.25, 0.3) is 0 Å². The molecule has 0 aromatic heterocycles. The Bertz CT molecular complexity index is 306. The van der Waals surface area contributed by atoms with Crippen LogP contribution >= 0.6 is 0 Å².